The van der Waals surface area contributed by atoms with Gasteiger partial charge in [0.25, 0.3) is 0 Å². The maximum Gasteiger partial charge on any atom is 0.159 e. The fraction of sp³-hybridized carbons (Fsp3) is 1.00. The van der Waals surface area contributed by atoms with Gasteiger partial charge in [0.15, 0.2) is 6.29 Å². The van der Waals surface area contributed by atoms with E-state index in [0.29, 0.717) is 5.41 Å². The topological polar surface area (TPSA) is 44.5 Å². The summed E-state index contributed by atoms with van der Waals surface area (Å²) < 4.78 is 10.7. The normalized spacial score (nSPS) is 21.4. The third-order valence-corrected chi connectivity index (χ3v) is 2.45. The average molecular weight is 201 g/mol. The van der Waals surface area contributed by atoms with E-state index in [1.807, 2.05) is 0 Å². The first-order chi connectivity index (χ1) is 6.47. The highest BCUT2D eigenvalue weighted by Gasteiger charge is 2.20. The second-order valence-electron chi connectivity index (χ2n) is 5.27. The molecule has 1 aliphatic heterocycles. The maximum atomic E-state index is 6.00. The van der Waals surface area contributed by atoms with Crippen LogP contribution >= 0.6 is 0 Å². The van der Waals surface area contributed by atoms with E-state index in [1.54, 1.807) is 0 Å². The van der Waals surface area contributed by atoms with Gasteiger partial charge >= 0.3 is 0 Å². The van der Waals surface area contributed by atoms with Crippen LogP contribution in [0.5, 0.6) is 0 Å². The number of hydrogen-bond acceptors (Lipinski definition) is 3. The molecule has 84 valence electrons. The molecule has 0 radical (unpaired) electrons. The van der Waals surface area contributed by atoms with Gasteiger partial charge in [-0.1, -0.05) is 20.8 Å². The number of hydrogen-bond donors (Lipinski definition) is 1. The molecule has 1 heterocycles. The van der Waals surface area contributed by atoms with Crippen molar-refractivity contribution < 1.29 is 9.47 Å². The molecule has 0 aromatic rings. The fourth-order valence-corrected chi connectivity index (χ4v) is 1.53. The quantitative estimate of drug-likeness (QED) is 0.755. The Morgan fingerprint density at radius 3 is 2.36 bits per heavy atom. The molecule has 3 heteroatoms. The van der Waals surface area contributed by atoms with Crippen molar-refractivity contribution >= 4 is 0 Å². The second-order valence-corrected chi connectivity index (χ2v) is 5.27. The van der Waals surface area contributed by atoms with Gasteiger partial charge in [0, 0.05) is 12.5 Å². The van der Waals surface area contributed by atoms with Crippen LogP contribution in [-0.2, 0) is 9.47 Å². The van der Waals surface area contributed by atoms with Gasteiger partial charge in [-0.05, 0) is 18.3 Å². The van der Waals surface area contributed by atoms with Crippen molar-refractivity contribution in [2.75, 3.05) is 13.2 Å². The van der Waals surface area contributed by atoms with Crippen LogP contribution in [0.1, 0.15) is 40.0 Å². The first-order valence-electron chi connectivity index (χ1n) is 5.46. The van der Waals surface area contributed by atoms with Gasteiger partial charge in [-0.2, -0.15) is 0 Å². The van der Waals surface area contributed by atoms with Crippen LogP contribution < -0.4 is 5.73 Å². The van der Waals surface area contributed by atoms with Crippen LogP contribution in [0.3, 0.4) is 0 Å². The highest BCUT2D eigenvalue weighted by molar-refractivity contribution is 4.70. The predicted molar refractivity (Wildman–Crippen MR) is 57.0 cm³/mol. The lowest BCUT2D eigenvalue weighted by Crippen LogP contribution is -2.28. The van der Waals surface area contributed by atoms with Crippen molar-refractivity contribution in [1.82, 2.24) is 0 Å². The van der Waals surface area contributed by atoms with Crippen LogP contribution in [0.25, 0.3) is 0 Å². The Labute approximate surface area is 86.9 Å². The Bertz CT molecular complexity index is 159. The molecule has 1 aliphatic rings. The molecule has 1 saturated heterocycles. The van der Waals surface area contributed by atoms with E-state index in [0.717, 1.165) is 32.5 Å². The summed E-state index contributed by atoms with van der Waals surface area (Å²) in [6.45, 7) is 8.15. The van der Waals surface area contributed by atoms with Crippen LogP contribution in [0.15, 0.2) is 0 Å². The van der Waals surface area contributed by atoms with Gasteiger partial charge in [0.2, 0.25) is 0 Å². The van der Waals surface area contributed by atoms with E-state index < -0.39 is 0 Å². The first-order valence-corrected chi connectivity index (χ1v) is 5.46. The van der Waals surface area contributed by atoms with Crippen LogP contribution in [0.4, 0.5) is 0 Å². The highest BCUT2D eigenvalue weighted by atomic mass is 16.7. The van der Waals surface area contributed by atoms with E-state index in [2.05, 4.69) is 20.8 Å². The lowest BCUT2D eigenvalue weighted by Gasteiger charge is -2.22. The average Bonchev–Trinajstić information content (AvgIpc) is 2.52. The third-order valence-electron chi connectivity index (χ3n) is 2.45. The van der Waals surface area contributed by atoms with Crippen LogP contribution in [0.2, 0.25) is 0 Å². The monoisotopic (exact) mass is 201 g/mol. The Kier molecular flexibility index (Phi) is 4.35. The number of rotatable bonds is 4. The molecule has 0 amide bonds. The zero-order valence-electron chi connectivity index (χ0n) is 9.58. The number of ether oxygens (including phenoxy) is 2. The van der Waals surface area contributed by atoms with Gasteiger partial charge in [-0.3, -0.25) is 0 Å². The van der Waals surface area contributed by atoms with E-state index in [9.17, 15) is 0 Å². The molecule has 0 aliphatic carbocycles. The fourth-order valence-electron chi connectivity index (χ4n) is 1.53. The Balaban J connectivity index is 2.12. The Morgan fingerprint density at radius 2 is 1.86 bits per heavy atom. The molecule has 1 fully saturated rings. The van der Waals surface area contributed by atoms with E-state index in [-0.39, 0.29) is 12.3 Å². The molecule has 14 heavy (non-hydrogen) atoms. The maximum absolute atomic E-state index is 6.00. The summed E-state index contributed by atoms with van der Waals surface area (Å²) in [7, 11) is 0. The minimum absolute atomic E-state index is 0.0510. The van der Waals surface area contributed by atoms with Crippen molar-refractivity contribution in [3.63, 3.8) is 0 Å². The second kappa shape index (κ2) is 5.10. The summed E-state index contributed by atoms with van der Waals surface area (Å²) in [6, 6.07) is 0.206. The predicted octanol–water partition coefficient (Wildman–Crippen LogP) is 1.90. The zero-order valence-corrected chi connectivity index (χ0v) is 9.58. The van der Waals surface area contributed by atoms with Gasteiger partial charge in [0.05, 0.1) is 13.2 Å². The summed E-state index contributed by atoms with van der Waals surface area (Å²) in [6.07, 6.45) is 2.98. The molecule has 1 rings (SSSR count). The minimum atomic E-state index is -0.0510. The van der Waals surface area contributed by atoms with Gasteiger partial charge in [-0.25, -0.2) is 0 Å². The first kappa shape index (κ1) is 12.0. The van der Waals surface area contributed by atoms with Crippen molar-refractivity contribution in [3.05, 3.63) is 0 Å². The molecular formula is C11H23NO2. The lowest BCUT2D eigenvalue weighted by molar-refractivity contribution is -0.0513. The van der Waals surface area contributed by atoms with Gasteiger partial charge < -0.3 is 15.2 Å². The lowest BCUT2D eigenvalue weighted by atomic mass is 9.88. The molecular weight excluding hydrogens is 178 g/mol. The van der Waals surface area contributed by atoms with E-state index >= 15 is 0 Å². The van der Waals surface area contributed by atoms with Crippen molar-refractivity contribution in [3.8, 4) is 0 Å². The van der Waals surface area contributed by atoms with Crippen LogP contribution in [-0.4, -0.2) is 25.5 Å². The summed E-state index contributed by atoms with van der Waals surface area (Å²) in [5.41, 5.74) is 6.37. The van der Waals surface area contributed by atoms with Crippen molar-refractivity contribution in [2.24, 2.45) is 11.1 Å². The SMILES string of the molecule is CC(C)(C)CCC(N)CC1OCCO1. The Hall–Kier alpha value is -0.120. The summed E-state index contributed by atoms with van der Waals surface area (Å²) >= 11 is 0. The van der Waals surface area contributed by atoms with Crippen molar-refractivity contribution in [1.29, 1.82) is 0 Å². The molecule has 0 spiro atoms. The molecule has 1 atom stereocenters. The molecule has 0 saturated carbocycles. The smallest absolute Gasteiger partial charge is 0.159 e. The standard InChI is InChI=1S/C11H23NO2/c1-11(2,3)5-4-9(12)8-10-13-6-7-14-10/h9-10H,4-8,12H2,1-3H3. The van der Waals surface area contributed by atoms with Gasteiger partial charge in [-0.15, -0.1) is 0 Å². The summed E-state index contributed by atoms with van der Waals surface area (Å²) in [5.74, 6) is 0. The summed E-state index contributed by atoms with van der Waals surface area (Å²) in [5, 5.41) is 0. The van der Waals surface area contributed by atoms with E-state index in [4.69, 9.17) is 15.2 Å². The highest BCUT2D eigenvalue weighted by Crippen LogP contribution is 2.22. The van der Waals surface area contributed by atoms with Gasteiger partial charge in [0.1, 0.15) is 0 Å². The molecule has 3 nitrogen and oxygen atoms in total. The van der Waals surface area contributed by atoms with Crippen LogP contribution in [0, 0.1) is 5.41 Å². The largest absolute Gasteiger partial charge is 0.350 e. The third kappa shape index (κ3) is 4.94. The zero-order chi connectivity index (χ0) is 10.6. The van der Waals surface area contributed by atoms with E-state index in [1.165, 1.54) is 0 Å². The molecule has 2 N–H and O–H groups in total. The molecule has 1 unspecified atom stereocenters. The molecule has 0 aromatic carbocycles. The Morgan fingerprint density at radius 1 is 1.29 bits per heavy atom. The summed E-state index contributed by atoms with van der Waals surface area (Å²) in [4.78, 5) is 0. The minimum Gasteiger partial charge on any atom is -0.350 e. The number of nitrogens with two attached hydrogens (primary N) is 1. The van der Waals surface area contributed by atoms with Crippen molar-refractivity contribution in [2.45, 2.75) is 52.4 Å². The molecule has 0 bridgehead atoms. The molecule has 0 aromatic heterocycles.